The first-order valence-corrected chi connectivity index (χ1v) is 10.8. The van der Waals surface area contributed by atoms with Crippen LogP contribution in [0.2, 0.25) is 0 Å². The third-order valence-electron chi connectivity index (χ3n) is 4.44. The number of hydrogen-bond donors (Lipinski definition) is 2. The molecule has 3 rings (SSSR count). The predicted molar refractivity (Wildman–Crippen MR) is 112 cm³/mol. The molecule has 1 fully saturated rings. The molecule has 2 aromatic rings. The highest BCUT2D eigenvalue weighted by Crippen LogP contribution is 2.26. The van der Waals surface area contributed by atoms with Gasteiger partial charge in [-0.3, -0.25) is 9.59 Å². The second-order valence-corrected chi connectivity index (χ2v) is 9.79. The molecule has 1 atom stereocenters. The minimum absolute atomic E-state index is 0.0916. The third-order valence-corrected chi connectivity index (χ3v) is 6.21. The van der Waals surface area contributed by atoms with E-state index < -0.39 is 21.5 Å². The van der Waals surface area contributed by atoms with Crippen LogP contribution >= 0.6 is 0 Å². The normalized spacial score (nSPS) is 17.4. The number of nitrogens with zero attached hydrogens (tertiary/aromatic N) is 1. The lowest BCUT2D eigenvalue weighted by atomic mass is 10.1. The van der Waals surface area contributed by atoms with Crippen LogP contribution in [-0.4, -0.2) is 32.3 Å². The van der Waals surface area contributed by atoms with E-state index in [0.717, 1.165) is 5.69 Å². The molecule has 2 amide bonds. The van der Waals surface area contributed by atoms with E-state index in [1.165, 1.54) is 12.1 Å². The first-order valence-electron chi connectivity index (χ1n) is 9.35. The Morgan fingerprint density at radius 1 is 1.03 bits per heavy atom. The molecule has 154 valence electrons. The van der Waals surface area contributed by atoms with Crippen molar-refractivity contribution in [3.8, 4) is 0 Å². The largest absolute Gasteiger partial charge is 0.326 e. The van der Waals surface area contributed by atoms with Crippen LogP contribution < -0.4 is 14.9 Å². The molecule has 8 heteroatoms. The van der Waals surface area contributed by atoms with Gasteiger partial charge in [0.05, 0.1) is 10.8 Å². The van der Waals surface area contributed by atoms with Gasteiger partial charge in [-0.05, 0) is 57.2 Å². The Bertz CT molecular complexity index is 996. The maximum Gasteiger partial charge on any atom is 0.241 e. The molecule has 2 N–H and O–H groups in total. The molecule has 1 aliphatic rings. The Balaban J connectivity index is 1.65. The lowest BCUT2D eigenvalue weighted by Crippen LogP contribution is -2.40. The minimum atomic E-state index is -3.64. The molecule has 0 bridgehead atoms. The van der Waals surface area contributed by atoms with Gasteiger partial charge in [0.15, 0.2) is 0 Å². The summed E-state index contributed by atoms with van der Waals surface area (Å²) >= 11 is 0. The fourth-order valence-electron chi connectivity index (χ4n) is 3.16. The fraction of sp³-hybridized carbons (Fsp3) is 0.333. The van der Waals surface area contributed by atoms with Crippen molar-refractivity contribution in [2.75, 3.05) is 16.8 Å². The summed E-state index contributed by atoms with van der Waals surface area (Å²) in [4.78, 5) is 26.6. The molecule has 1 saturated heterocycles. The first kappa shape index (κ1) is 21.0. The quantitative estimate of drug-likeness (QED) is 0.785. The van der Waals surface area contributed by atoms with Gasteiger partial charge in [0.25, 0.3) is 0 Å². The fourth-order valence-corrected chi connectivity index (χ4v) is 4.58. The van der Waals surface area contributed by atoms with E-state index >= 15 is 0 Å². The summed E-state index contributed by atoms with van der Waals surface area (Å²) in [6, 6.07) is 15.2. The van der Waals surface area contributed by atoms with Gasteiger partial charge in [-0.2, -0.15) is 0 Å². The van der Waals surface area contributed by atoms with E-state index in [1.54, 1.807) is 37.8 Å². The van der Waals surface area contributed by atoms with E-state index in [4.69, 9.17) is 0 Å². The van der Waals surface area contributed by atoms with Gasteiger partial charge in [0.1, 0.15) is 0 Å². The van der Waals surface area contributed by atoms with Gasteiger partial charge < -0.3 is 10.2 Å². The summed E-state index contributed by atoms with van der Waals surface area (Å²) < 4.78 is 27.3. The van der Waals surface area contributed by atoms with Gasteiger partial charge in [-0.1, -0.05) is 18.2 Å². The average Bonchev–Trinajstić information content (AvgIpc) is 3.03. The second-order valence-electron chi connectivity index (χ2n) is 8.11. The zero-order valence-electron chi connectivity index (χ0n) is 16.7. The molecule has 2 aromatic carbocycles. The lowest BCUT2D eigenvalue weighted by Gasteiger charge is -2.20. The number of sulfonamides is 1. The van der Waals surface area contributed by atoms with Gasteiger partial charge >= 0.3 is 0 Å². The van der Waals surface area contributed by atoms with Crippen molar-refractivity contribution >= 4 is 33.2 Å². The average molecular weight is 416 g/mol. The SMILES string of the molecule is CC(C)(C)NS(=O)(=O)c1ccc(NC(=O)[C@@H]2CC(=O)N(c3ccccc3)C2)cc1. The molecule has 1 heterocycles. The molecule has 0 unspecified atom stereocenters. The van der Waals surface area contributed by atoms with Gasteiger partial charge in [0, 0.05) is 29.9 Å². The number of amides is 2. The number of rotatable bonds is 5. The van der Waals surface area contributed by atoms with Crippen LogP contribution in [0, 0.1) is 5.92 Å². The topological polar surface area (TPSA) is 95.6 Å². The zero-order valence-corrected chi connectivity index (χ0v) is 17.5. The van der Waals surface area contributed by atoms with Crippen molar-refractivity contribution < 1.29 is 18.0 Å². The van der Waals surface area contributed by atoms with Crippen LogP contribution in [-0.2, 0) is 19.6 Å². The van der Waals surface area contributed by atoms with Crippen LogP contribution in [0.15, 0.2) is 59.5 Å². The van der Waals surface area contributed by atoms with Crippen molar-refractivity contribution in [3.05, 3.63) is 54.6 Å². The number of hydrogen-bond acceptors (Lipinski definition) is 4. The van der Waals surface area contributed by atoms with Gasteiger partial charge in [-0.15, -0.1) is 0 Å². The van der Waals surface area contributed by atoms with Crippen molar-refractivity contribution in [3.63, 3.8) is 0 Å². The molecular formula is C21H25N3O4S. The monoisotopic (exact) mass is 415 g/mol. The molecule has 7 nitrogen and oxygen atoms in total. The zero-order chi connectivity index (χ0) is 21.2. The minimum Gasteiger partial charge on any atom is -0.326 e. The molecule has 0 radical (unpaired) electrons. The number of carbonyl (C=O) groups excluding carboxylic acids is 2. The van der Waals surface area contributed by atoms with Crippen molar-refractivity contribution in [1.29, 1.82) is 0 Å². The smallest absolute Gasteiger partial charge is 0.241 e. The molecule has 0 aromatic heterocycles. The second kappa shape index (κ2) is 7.96. The highest BCUT2D eigenvalue weighted by atomic mass is 32.2. The number of nitrogens with one attached hydrogen (secondary N) is 2. The standard InChI is InChI=1S/C21H25N3O4S/c1-21(2,3)23-29(27,28)18-11-9-16(10-12-18)22-20(26)15-13-19(25)24(14-15)17-7-5-4-6-8-17/h4-12,15,23H,13-14H2,1-3H3,(H,22,26)/t15-/m1/s1. The lowest BCUT2D eigenvalue weighted by molar-refractivity contribution is -0.122. The summed E-state index contributed by atoms with van der Waals surface area (Å²) in [5.74, 6) is -0.820. The number of carbonyl (C=O) groups is 2. The van der Waals surface area contributed by atoms with E-state index in [1.807, 2.05) is 30.3 Å². The summed E-state index contributed by atoms with van der Waals surface area (Å²) in [5.41, 5.74) is 0.662. The van der Waals surface area contributed by atoms with Gasteiger partial charge in [-0.25, -0.2) is 13.1 Å². The first-order chi connectivity index (χ1) is 13.5. The van der Waals surface area contributed by atoms with E-state index in [0.29, 0.717) is 12.2 Å². The van der Waals surface area contributed by atoms with E-state index in [9.17, 15) is 18.0 Å². The number of para-hydroxylation sites is 1. The molecule has 0 spiro atoms. The van der Waals surface area contributed by atoms with E-state index in [-0.39, 0.29) is 23.1 Å². The summed E-state index contributed by atoms with van der Waals surface area (Å²) in [5, 5.41) is 2.77. The molecular weight excluding hydrogens is 390 g/mol. The maximum absolute atomic E-state index is 12.6. The molecule has 0 saturated carbocycles. The Hall–Kier alpha value is -2.71. The third kappa shape index (κ3) is 5.21. The Morgan fingerprint density at radius 3 is 2.24 bits per heavy atom. The highest BCUT2D eigenvalue weighted by molar-refractivity contribution is 7.89. The van der Waals surface area contributed by atoms with Gasteiger partial charge in [0.2, 0.25) is 21.8 Å². The van der Waals surface area contributed by atoms with Crippen LogP contribution in [0.25, 0.3) is 0 Å². The highest BCUT2D eigenvalue weighted by Gasteiger charge is 2.35. The van der Waals surface area contributed by atoms with Crippen LogP contribution in [0.4, 0.5) is 11.4 Å². The van der Waals surface area contributed by atoms with Crippen LogP contribution in [0.5, 0.6) is 0 Å². The summed E-state index contributed by atoms with van der Waals surface area (Å²) in [7, 11) is -3.64. The van der Waals surface area contributed by atoms with Crippen molar-refractivity contribution in [1.82, 2.24) is 4.72 Å². The van der Waals surface area contributed by atoms with Crippen molar-refractivity contribution in [2.24, 2.45) is 5.92 Å². The van der Waals surface area contributed by atoms with Crippen LogP contribution in [0.3, 0.4) is 0 Å². The Kier molecular flexibility index (Phi) is 5.77. The summed E-state index contributed by atoms with van der Waals surface area (Å²) in [6.45, 7) is 5.61. The number of anilines is 2. The maximum atomic E-state index is 12.6. The molecule has 29 heavy (non-hydrogen) atoms. The molecule has 0 aliphatic carbocycles. The Morgan fingerprint density at radius 2 is 1.66 bits per heavy atom. The predicted octanol–water partition coefficient (Wildman–Crippen LogP) is 2.76. The Labute approximate surface area is 171 Å². The van der Waals surface area contributed by atoms with Crippen molar-refractivity contribution in [2.45, 2.75) is 37.6 Å². The van der Waals surface area contributed by atoms with Crippen LogP contribution in [0.1, 0.15) is 27.2 Å². The summed E-state index contributed by atoms with van der Waals surface area (Å²) in [6.07, 6.45) is 0.142. The van der Waals surface area contributed by atoms with E-state index in [2.05, 4.69) is 10.0 Å². The number of benzene rings is 2. The molecule has 1 aliphatic heterocycles.